The van der Waals surface area contributed by atoms with Gasteiger partial charge in [0.2, 0.25) is 0 Å². The van der Waals surface area contributed by atoms with Gasteiger partial charge in [0, 0.05) is 11.6 Å². The van der Waals surface area contributed by atoms with Crippen molar-refractivity contribution in [1.82, 2.24) is 10.2 Å². The lowest BCUT2D eigenvalue weighted by Gasteiger charge is -2.28. The number of halogens is 2. The smallest absolute Gasteiger partial charge is 0.263 e. The zero-order chi connectivity index (χ0) is 13.8. The van der Waals surface area contributed by atoms with E-state index in [9.17, 15) is 8.78 Å². The van der Waals surface area contributed by atoms with Crippen LogP contribution < -0.4 is 5.32 Å². The molecule has 4 heteroatoms. The van der Waals surface area contributed by atoms with Crippen LogP contribution in [0.5, 0.6) is 0 Å². The SMILES string of the molecule is CCN1CCC(CNC)C1c1cccc(C(F)F)c1. The van der Waals surface area contributed by atoms with Crippen molar-refractivity contribution in [1.29, 1.82) is 0 Å². The summed E-state index contributed by atoms with van der Waals surface area (Å²) in [6.45, 7) is 5.07. The Hall–Kier alpha value is -1.00. The Labute approximate surface area is 113 Å². The fraction of sp³-hybridized carbons (Fsp3) is 0.600. The van der Waals surface area contributed by atoms with Gasteiger partial charge in [0.05, 0.1) is 0 Å². The molecule has 0 aliphatic carbocycles. The maximum Gasteiger partial charge on any atom is 0.263 e. The van der Waals surface area contributed by atoms with Crippen LogP contribution in [0.4, 0.5) is 8.78 Å². The van der Waals surface area contributed by atoms with E-state index in [-0.39, 0.29) is 11.6 Å². The van der Waals surface area contributed by atoms with Crippen molar-refractivity contribution in [2.75, 3.05) is 26.7 Å². The molecule has 1 aromatic rings. The number of likely N-dealkylation sites (tertiary alicyclic amines) is 1. The van der Waals surface area contributed by atoms with Crippen molar-refractivity contribution in [3.8, 4) is 0 Å². The Balaban J connectivity index is 2.27. The Morgan fingerprint density at radius 2 is 2.21 bits per heavy atom. The predicted octanol–water partition coefficient (Wildman–Crippen LogP) is 3.23. The number of benzene rings is 1. The molecule has 1 N–H and O–H groups in total. The molecule has 2 nitrogen and oxygen atoms in total. The highest BCUT2D eigenvalue weighted by atomic mass is 19.3. The summed E-state index contributed by atoms with van der Waals surface area (Å²) in [5.41, 5.74) is 1.15. The van der Waals surface area contributed by atoms with E-state index in [1.165, 1.54) is 6.07 Å². The summed E-state index contributed by atoms with van der Waals surface area (Å²) in [4.78, 5) is 2.38. The summed E-state index contributed by atoms with van der Waals surface area (Å²) in [6.07, 6.45) is -1.27. The fourth-order valence-electron chi connectivity index (χ4n) is 3.12. The Kier molecular flexibility index (Phi) is 4.88. The van der Waals surface area contributed by atoms with E-state index in [0.29, 0.717) is 5.92 Å². The monoisotopic (exact) mass is 268 g/mol. The van der Waals surface area contributed by atoms with Crippen LogP contribution in [-0.2, 0) is 0 Å². The van der Waals surface area contributed by atoms with Gasteiger partial charge in [-0.05, 0) is 50.7 Å². The van der Waals surface area contributed by atoms with Gasteiger partial charge in [-0.1, -0.05) is 25.1 Å². The van der Waals surface area contributed by atoms with Crippen LogP contribution in [0.15, 0.2) is 24.3 Å². The van der Waals surface area contributed by atoms with Gasteiger partial charge in [-0.25, -0.2) is 8.78 Å². The minimum atomic E-state index is -2.39. The average molecular weight is 268 g/mol. The molecule has 0 aromatic heterocycles. The Morgan fingerprint density at radius 1 is 1.42 bits per heavy atom. The molecule has 2 unspecified atom stereocenters. The minimum absolute atomic E-state index is 0.128. The van der Waals surface area contributed by atoms with Crippen LogP contribution in [-0.4, -0.2) is 31.6 Å². The number of rotatable bonds is 5. The zero-order valence-corrected chi connectivity index (χ0v) is 11.6. The normalized spacial score (nSPS) is 24.3. The van der Waals surface area contributed by atoms with Crippen molar-refractivity contribution in [3.05, 3.63) is 35.4 Å². The number of nitrogens with one attached hydrogen (secondary N) is 1. The van der Waals surface area contributed by atoms with Crippen LogP contribution in [0.1, 0.15) is 36.9 Å². The van der Waals surface area contributed by atoms with Gasteiger partial charge in [-0.15, -0.1) is 0 Å². The van der Waals surface area contributed by atoms with E-state index in [4.69, 9.17) is 0 Å². The van der Waals surface area contributed by atoms with Gasteiger partial charge in [-0.3, -0.25) is 4.90 Å². The molecule has 1 fully saturated rings. The van der Waals surface area contributed by atoms with Gasteiger partial charge in [0.1, 0.15) is 0 Å². The second-order valence-electron chi connectivity index (χ2n) is 5.15. The number of hydrogen-bond donors (Lipinski definition) is 1. The van der Waals surface area contributed by atoms with Crippen LogP contribution in [0.25, 0.3) is 0 Å². The lowest BCUT2D eigenvalue weighted by Crippen LogP contribution is -2.29. The second kappa shape index (κ2) is 6.44. The summed E-state index contributed by atoms with van der Waals surface area (Å²) in [5.74, 6) is 0.498. The third-order valence-electron chi connectivity index (χ3n) is 4.00. The predicted molar refractivity (Wildman–Crippen MR) is 73.4 cm³/mol. The maximum absolute atomic E-state index is 12.8. The molecule has 0 saturated carbocycles. The van der Waals surface area contributed by atoms with Crippen molar-refractivity contribution in [2.45, 2.75) is 25.8 Å². The zero-order valence-electron chi connectivity index (χ0n) is 11.6. The molecule has 2 rings (SSSR count). The lowest BCUT2D eigenvalue weighted by atomic mass is 9.92. The first-order valence-electron chi connectivity index (χ1n) is 6.94. The third-order valence-corrected chi connectivity index (χ3v) is 4.00. The van der Waals surface area contributed by atoms with E-state index in [0.717, 1.165) is 31.6 Å². The van der Waals surface area contributed by atoms with E-state index in [2.05, 4.69) is 17.1 Å². The topological polar surface area (TPSA) is 15.3 Å². The van der Waals surface area contributed by atoms with Crippen molar-refractivity contribution in [2.24, 2.45) is 5.92 Å². The summed E-state index contributed by atoms with van der Waals surface area (Å²) >= 11 is 0. The molecule has 2 atom stereocenters. The standard InChI is InChI=1S/C15H22F2N2/c1-3-19-8-7-13(10-18-2)14(19)11-5-4-6-12(9-11)15(16)17/h4-6,9,13-15,18H,3,7-8,10H2,1-2H3. The number of alkyl halides is 2. The first-order chi connectivity index (χ1) is 9.17. The van der Waals surface area contributed by atoms with Crippen molar-refractivity contribution in [3.63, 3.8) is 0 Å². The molecule has 1 aliphatic heterocycles. The van der Waals surface area contributed by atoms with Gasteiger partial charge in [-0.2, -0.15) is 0 Å². The minimum Gasteiger partial charge on any atom is -0.319 e. The third kappa shape index (κ3) is 3.12. The summed E-state index contributed by atoms with van der Waals surface area (Å²) in [7, 11) is 1.95. The number of nitrogens with zero attached hydrogens (tertiary/aromatic N) is 1. The summed E-state index contributed by atoms with van der Waals surface area (Å²) < 4.78 is 25.7. The van der Waals surface area contributed by atoms with E-state index >= 15 is 0 Å². The van der Waals surface area contributed by atoms with Crippen LogP contribution >= 0.6 is 0 Å². The maximum atomic E-state index is 12.8. The second-order valence-corrected chi connectivity index (χ2v) is 5.15. The van der Waals surface area contributed by atoms with Gasteiger partial charge in [0.15, 0.2) is 0 Å². The molecule has 1 aromatic carbocycles. The van der Waals surface area contributed by atoms with Crippen molar-refractivity contribution < 1.29 is 8.78 Å². The van der Waals surface area contributed by atoms with Crippen LogP contribution in [0, 0.1) is 5.92 Å². The van der Waals surface area contributed by atoms with Gasteiger partial charge >= 0.3 is 0 Å². The van der Waals surface area contributed by atoms with E-state index in [1.54, 1.807) is 12.1 Å². The van der Waals surface area contributed by atoms with Crippen LogP contribution in [0.2, 0.25) is 0 Å². The molecular formula is C15H22F2N2. The highest BCUT2D eigenvalue weighted by molar-refractivity contribution is 5.28. The summed E-state index contributed by atoms with van der Waals surface area (Å²) in [6, 6.07) is 7.17. The molecule has 1 saturated heterocycles. The molecule has 106 valence electrons. The van der Waals surface area contributed by atoms with Crippen LogP contribution in [0.3, 0.4) is 0 Å². The lowest BCUT2D eigenvalue weighted by molar-refractivity contribution is 0.151. The molecule has 19 heavy (non-hydrogen) atoms. The first-order valence-corrected chi connectivity index (χ1v) is 6.94. The number of hydrogen-bond acceptors (Lipinski definition) is 2. The highest BCUT2D eigenvalue weighted by Crippen LogP contribution is 2.37. The fourth-order valence-corrected chi connectivity index (χ4v) is 3.12. The molecule has 0 radical (unpaired) electrons. The van der Waals surface area contributed by atoms with E-state index in [1.807, 2.05) is 13.1 Å². The van der Waals surface area contributed by atoms with Crippen molar-refractivity contribution >= 4 is 0 Å². The molecule has 1 aliphatic rings. The van der Waals surface area contributed by atoms with E-state index < -0.39 is 6.43 Å². The Morgan fingerprint density at radius 3 is 2.84 bits per heavy atom. The Bertz CT molecular complexity index is 409. The molecule has 0 amide bonds. The van der Waals surface area contributed by atoms with Gasteiger partial charge < -0.3 is 5.32 Å². The quantitative estimate of drug-likeness (QED) is 0.882. The molecule has 0 bridgehead atoms. The molecule has 0 spiro atoms. The largest absolute Gasteiger partial charge is 0.319 e. The molecule has 1 heterocycles. The average Bonchev–Trinajstić information content (AvgIpc) is 2.82. The summed E-state index contributed by atoms with van der Waals surface area (Å²) in [5, 5.41) is 3.22. The first kappa shape index (κ1) is 14.4. The molecular weight excluding hydrogens is 246 g/mol. The highest BCUT2D eigenvalue weighted by Gasteiger charge is 2.33. The van der Waals surface area contributed by atoms with Gasteiger partial charge in [0.25, 0.3) is 6.43 Å².